The molecule has 0 radical (unpaired) electrons. The maximum absolute atomic E-state index is 13.3. The largest absolute Gasteiger partial charge is 0.326 e. The van der Waals surface area contributed by atoms with E-state index in [0.29, 0.717) is 17.4 Å². The summed E-state index contributed by atoms with van der Waals surface area (Å²) in [5.41, 5.74) is 4.98. The first kappa shape index (κ1) is 19.6. The third-order valence-electron chi connectivity index (χ3n) is 5.44. The van der Waals surface area contributed by atoms with E-state index >= 15 is 0 Å². The molecule has 1 aliphatic heterocycles. The zero-order valence-corrected chi connectivity index (χ0v) is 17.9. The van der Waals surface area contributed by atoms with Gasteiger partial charge in [0.05, 0.1) is 5.69 Å². The van der Waals surface area contributed by atoms with Gasteiger partial charge >= 0.3 is 0 Å². The number of fused-ring (bicyclic) bond motifs is 1. The Hall–Kier alpha value is -3.32. The van der Waals surface area contributed by atoms with Gasteiger partial charge in [-0.2, -0.15) is 5.10 Å². The predicted molar refractivity (Wildman–Crippen MR) is 118 cm³/mol. The van der Waals surface area contributed by atoms with Crippen molar-refractivity contribution in [2.45, 2.75) is 26.7 Å². The molecule has 31 heavy (non-hydrogen) atoms. The van der Waals surface area contributed by atoms with Crippen LogP contribution in [0, 0.1) is 19.7 Å². The van der Waals surface area contributed by atoms with E-state index in [1.165, 1.54) is 12.1 Å². The van der Waals surface area contributed by atoms with Gasteiger partial charge in [0.1, 0.15) is 34.8 Å². The number of halogens is 2. The summed E-state index contributed by atoms with van der Waals surface area (Å²) in [4.78, 5) is 15.6. The molecule has 0 saturated carbocycles. The normalized spacial score (nSPS) is 13.0. The van der Waals surface area contributed by atoms with E-state index in [-0.39, 0.29) is 5.82 Å². The fourth-order valence-corrected chi connectivity index (χ4v) is 4.21. The number of nitrogens with zero attached hydrogens (tertiary/aromatic N) is 6. The molecule has 0 fully saturated rings. The first-order chi connectivity index (χ1) is 15.0. The summed E-state index contributed by atoms with van der Waals surface area (Å²) in [7, 11) is 0. The number of aryl methyl sites for hydroxylation is 2. The third-order valence-corrected chi connectivity index (χ3v) is 5.75. The summed E-state index contributed by atoms with van der Waals surface area (Å²) >= 11 is 6.50. The molecule has 8 heteroatoms. The maximum Gasteiger partial charge on any atom is 0.147 e. The van der Waals surface area contributed by atoms with Crippen LogP contribution in [0.15, 0.2) is 48.8 Å². The molecular weight excluding hydrogens is 415 g/mol. The Morgan fingerprint density at radius 2 is 1.87 bits per heavy atom. The minimum Gasteiger partial charge on any atom is -0.326 e. The van der Waals surface area contributed by atoms with Crippen molar-refractivity contribution in [3.05, 3.63) is 88.1 Å². The van der Waals surface area contributed by atoms with E-state index in [1.54, 1.807) is 23.1 Å². The van der Waals surface area contributed by atoms with Gasteiger partial charge in [0.15, 0.2) is 0 Å². The molecule has 0 spiro atoms. The highest BCUT2D eigenvalue weighted by Crippen LogP contribution is 2.36. The summed E-state index contributed by atoms with van der Waals surface area (Å²) in [5, 5.41) is 4.87. The molecule has 0 atom stereocenters. The molecule has 0 saturated heterocycles. The lowest BCUT2D eigenvalue weighted by Crippen LogP contribution is -2.15. The smallest absolute Gasteiger partial charge is 0.147 e. The van der Waals surface area contributed by atoms with Crippen LogP contribution in [-0.2, 0) is 12.8 Å². The zero-order chi connectivity index (χ0) is 21.5. The number of hydrogen-bond donors (Lipinski definition) is 0. The van der Waals surface area contributed by atoms with Crippen LogP contribution in [0.1, 0.15) is 28.3 Å². The van der Waals surface area contributed by atoms with Crippen molar-refractivity contribution in [3.8, 4) is 5.69 Å². The lowest BCUT2D eigenvalue weighted by atomic mass is 10.1. The third kappa shape index (κ3) is 3.77. The van der Waals surface area contributed by atoms with E-state index in [0.717, 1.165) is 52.7 Å². The standard InChI is InChI=1S/C23H20ClFN6/c1-14-11-16(3-8-20(14)31-13-26-15(2)29-31)12-21-27-22(24)19-9-10-30(23(19)28-21)18-6-4-17(25)5-7-18/h3-8,11,13H,9-10,12H2,1-2H3. The van der Waals surface area contributed by atoms with E-state index in [1.807, 2.05) is 26.0 Å². The number of aromatic nitrogens is 5. The van der Waals surface area contributed by atoms with Crippen LogP contribution in [0.4, 0.5) is 15.9 Å². The Kier molecular flexibility index (Phi) is 4.90. The average molecular weight is 435 g/mol. The summed E-state index contributed by atoms with van der Waals surface area (Å²) in [6.45, 7) is 4.65. The molecule has 2 aromatic carbocycles. The topological polar surface area (TPSA) is 59.7 Å². The molecule has 0 N–H and O–H groups in total. The van der Waals surface area contributed by atoms with Crippen molar-refractivity contribution in [2.24, 2.45) is 0 Å². The van der Waals surface area contributed by atoms with Gasteiger partial charge < -0.3 is 4.90 Å². The molecule has 4 aromatic rings. The molecule has 6 nitrogen and oxygen atoms in total. The minimum absolute atomic E-state index is 0.260. The van der Waals surface area contributed by atoms with Crippen molar-refractivity contribution in [1.82, 2.24) is 24.7 Å². The summed E-state index contributed by atoms with van der Waals surface area (Å²) in [6, 6.07) is 12.6. The van der Waals surface area contributed by atoms with Gasteiger partial charge in [-0.25, -0.2) is 24.0 Å². The first-order valence-electron chi connectivity index (χ1n) is 10.0. The van der Waals surface area contributed by atoms with E-state index < -0.39 is 0 Å². The molecule has 0 bridgehead atoms. The van der Waals surface area contributed by atoms with Crippen LogP contribution in [0.25, 0.3) is 5.69 Å². The molecule has 1 aliphatic rings. The Bertz CT molecular complexity index is 1270. The molecule has 0 amide bonds. The highest BCUT2D eigenvalue weighted by molar-refractivity contribution is 6.30. The fraction of sp³-hybridized carbons (Fsp3) is 0.217. The fourth-order valence-electron chi connectivity index (χ4n) is 3.94. The summed E-state index contributed by atoms with van der Waals surface area (Å²) < 4.78 is 15.1. The van der Waals surface area contributed by atoms with E-state index in [4.69, 9.17) is 16.6 Å². The van der Waals surface area contributed by atoms with Crippen molar-refractivity contribution in [2.75, 3.05) is 11.4 Å². The highest BCUT2D eigenvalue weighted by Gasteiger charge is 2.26. The Labute approximate surface area is 184 Å². The van der Waals surface area contributed by atoms with Crippen molar-refractivity contribution in [3.63, 3.8) is 0 Å². The predicted octanol–water partition coefficient (Wildman–Crippen LogP) is 4.75. The molecule has 2 aromatic heterocycles. The average Bonchev–Trinajstić information content (AvgIpc) is 3.35. The van der Waals surface area contributed by atoms with Gasteiger partial charge in [-0.1, -0.05) is 23.7 Å². The van der Waals surface area contributed by atoms with Crippen molar-refractivity contribution in [1.29, 1.82) is 0 Å². The van der Waals surface area contributed by atoms with Crippen molar-refractivity contribution >= 4 is 23.1 Å². The van der Waals surface area contributed by atoms with Crippen LogP contribution in [0.3, 0.4) is 0 Å². The first-order valence-corrected chi connectivity index (χ1v) is 10.4. The minimum atomic E-state index is -0.260. The van der Waals surface area contributed by atoms with Crippen LogP contribution >= 0.6 is 11.6 Å². The number of anilines is 2. The number of benzene rings is 2. The van der Waals surface area contributed by atoms with Gasteiger partial charge in [0.2, 0.25) is 0 Å². The van der Waals surface area contributed by atoms with Gasteiger partial charge in [-0.05, 0) is 61.7 Å². The van der Waals surface area contributed by atoms with E-state index in [9.17, 15) is 4.39 Å². The second kappa shape index (κ2) is 7.74. The summed E-state index contributed by atoms with van der Waals surface area (Å²) in [6.07, 6.45) is 3.03. The van der Waals surface area contributed by atoms with Gasteiger partial charge in [-0.3, -0.25) is 0 Å². The Balaban J connectivity index is 1.44. The molecule has 0 unspecified atom stereocenters. The Morgan fingerprint density at radius 1 is 1.06 bits per heavy atom. The van der Waals surface area contributed by atoms with Crippen LogP contribution < -0.4 is 4.90 Å². The SMILES string of the molecule is Cc1ncn(-c2ccc(Cc3nc(Cl)c4c(n3)N(c3ccc(F)cc3)CC4)cc2C)n1. The van der Waals surface area contributed by atoms with Gasteiger partial charge in [0.25, 0.3) is 0 Å². The van der Waals surface area contributed by atoms with Gasteiger partial charge in [0, 0.05) is 24.2 Å². The Morgan fingerprint density at radius 3 is 2.58 bits per heavy atom. The monoisotopic (exact) mass is 434 g/mol. The quantitative estimate of drug-likeness (QED) is 0.434. The molecule has 3 heterocycles. The number of hydrogen-bond acceptors (Lipinski definition) is 5. The van der Waals surface area contributed by atoms with Crippen LogP contribution in [0.5, 0.6) is 0 Å². The maximum atomic E-state index is 13.3. The molecule has 0 aliphatic carbocycles. The van der Waals surface area contributed by atoms with Crippen molar-refractivity contribution < 1.29 is 4.39 Å². The molecule has 5 rings (SSSR count). The molecule has 156 valence electrons. The lowest BCUT2D eigenvalue weighted by Gasteiger charge is -2.19. The summed E-state index contributed by atoms with van der Waals surface area (Å²) in [5.74, 6) is 1.93. The van der Waals surface area contributed by atoms with Crippen LogP contribution in [0.2, 0.25) is 5.15 Å². The number of rotatable bonds is 4. The second-order valence-corrected chi connectivity index (χ2v) is 8.00. The molecular formula is C23H20ClFN6. The van der Waals surface area contributed by atoms with Gasteiger partial charge in [-0.15, -0.1) is 0 Å². The highest BCUT2D eigenvalue weighted by atomic mass is 35.5. The zero-order valence-electron chi connectivity index (χ0n) is 17.2. The second-order valence-electron chi connectivity index (χ2n) is 7.64. The van der Waals surface area contributed by atoms with Crippen LogP contribution in [-0.4, -0.2) is 31.3 Å². The lowest BCUT2D eigenvalue weighted by molar-refractivity contribution is 0.628. The van der Waals surface area contributed by atoms with E-state index in [2.05, 4.69) is 26.0 Å².